The molecule has 2 aromatic carbocycles. The van der Waals surface area contributed by atoms with Crippen molar-refractivity contribution in [3.05, 3.63) is 77.0 Å². The average molecular weight is 354 g/mol. The van der Waals surface area contributed by atoms with E-state index in [1.54, 1.807) is 12.4 Å². The van der Waals surface area contributed by atoms with Gasteiger partial charge in [0.25, 0.3) is 0 Å². The van der Waals surface area contributed by atoms with Crippen LogP contribution in [0.3, 0.4) is 0 Å². The van der Waals surface area contributed by atoms with Crippen LogP contribution in [0, 0.1) is 0 Å². The molecule has 3 aromatic rings. The Kier molecular flexibility index (Phi) is 4.49. The quantitative estimate of drug-likeness (QED) is 0.689. The molecule has 0 saturated carbocycles. The lowest BCUT2D eigenvalue weighted by Crippen LogP contribution is -2.18. The first-order valence-electron chi connectivity index (χ1n) is 7.05. The van der Waals surface area contributed by atoms with Gasteiger partial charge in [0.1, 0.15) is 5.82 Å². The van der Waals surface area contributed by atoms with Gasteiger partial charge in [0.2, 0.25) is 0 Å². The standard InChI is InChI=1S/C18H16BrN3/c1-22(13-14-6-5-9-16(19)10-14)18-12-20-11-17(21-18)15-7-3-2-4-8-15/h2-12H,13H2,1H3. The molecule has 0 bridgehead atoms. The van der Waals surface area contributed by atoms with E-state index >= 15 is 0 Å². The fourth-order valence-corrected chi connectivity index (χ4v) is 2.72. The molecule has 0 atom stereocenters. The van der Waals surface area contributed by atoms with Crippen molar-refractivity contribution in [1.82, 2.24) is 9.97 Å². The highest BCUT2D eigenvalue weighted by atomic mass is 79.9. The summed E-state index contributed by atoms with van der Waals surface area (Å²) in [6, 6.07) is 18.4. The first-order valence-corrected chi connectivity index (χ1v) is 7.85. The van der Waals surface area contributed by atoms with Gasteiger partial charge in [-0.3, -0.25) is 4.98 Å². The van der Waals surface area contributed by atoms with Crippen molar-refractivity contribution in [3.63, 3.8) is 0 Å². The maximum atomic E-state index is 4.71. The first kappa shape index (κ1) is 14.7. The summed E-state index contributed by atoms with van der Waals surface area (Å²) >= 11 is 3.50. The zero-order valence-electron chi connectivity index (χ0n) is 12.3. The summed E-state index contributed by atoms with van der Waals surface area (Å²) in [4.78, 5) is 11.1. The minimum atomic E-state index is 0.784. The van der Waals surface area contributed by atoms with Crippen molar-refractivity contribution in [3.8, 4) is 11.3 Å². The SMILES string of the molecule is CN(Cc1cccc(Br)c1)c1cncc(-c2ccccc2)n1. The van der Waals surface area contributed by atoms with Gasteiger partial charge < -0.3 is 4.90 Å². The lowest BCUT2D eigenvalue weighted by molar-refractivity contribution is 0.891. The second kappa shape index (κ2) is 6.71. The molecular weight excluding hydrogens is 338 g/mol. The third-order valence-corrected chi connectivity index (χ3v) is 3.88. The van der Waals surface area contributed by atoms with Crippen LogP contribution in [0.15, 0.2) is 71.5 Å². The van der Waals surface area contributed by atoms with Crippen molar-refractivity contribution in [2.75, 3.05) is 11.9 Å². The number of rotatable bonds is 4. The zero-order valence-corrected chi connectivity index (χ0v) is 13.9. The molecule has 0 aliphatic rings. The van der Waals surface area contributed by atoms with Crippen LogP contribution < -0.4 is 4.90 Å². The molecule has 110 valence electrons. The number of halogens is 1. The smallest absolute Gasteiger partial charge is 0.147 e. The van der Waals surface area contributed by atoms with Crippen LogP contribution in [0.2, 0.25) is 0 Å². The normalized spacial score (nSPS) is 10.5. The van der Waals surface area contributed by atoms with Crippen LogP contribution >= 0.6 is 15.9 Å². The fraction of sp³-hybridized carbons (Fsp3) is 0.111. The molecule has 4 heteroatoms. The molecule has 1 aromatic heterocycles. The van der Waals surface area contributed by atoms with Crippen LogP contribution in [0.1, 0.15) is 5.56 Å². The molecule has 0 aliphatic heterocycles. The van der Waals surface area contributed by atoms with Crippen LogP contribution in [0.5, 0.6) is 0 Å². The molecule has 0 spiro atoms. The first-order chi connectivity index (χ1) is 10.7. The minimum absolute atomic E-state index is 0.784. The third kappa shape index (κ3) is 3.52. The van der Waals surface area contributed by atoms with E-state index < -0.39 is 0 Å². The Bertz CT molecular complexity index is 759. The molecular formula is C18H16BrN3. The summed E-state index contributed by atoms with van der Waals surface area (Å²) in [6.45, 7) is 0.784. The molecule has 0 amide bonds. The number of nitrogens with zero attached hydrogens (tertiary/aromatic N) is 3. The van der Waals surface area contributed by atoms with Gasteiger partial charge in [-0.1, -0.05) is 58.4 Å². The Morgan fingerprint density at radius 1 is 1.00 bits per heavy atom. The van der Waals surface area contributed by atoms with E-state index in [1.165, 1.54) is 5.56 Å². The highest BCUT2D eigenvalue weighted by Gasteiger charge is 2.07. The van der Waals surface area contributed by atoms with E-state index in [4.69, 9.17) is 4.98 Å². The Hall–Kier alpha value is -2.20. The van der Waals surface area contributed by atoms with Gasteiger partial charge in [0.05, 0.1) is 18.1 Å². The van der Waals surface area contributed by atoms with Gasteiger partial charge in [-0.05, 0) is 17.7 Å². The van der Waals surface area contributed by atoms with E-state index in [1.807, 2.05) is 49.5 Å². The number of anilines is 1. The molecule has 0 radical (unpaired) electrons. The molecule has 3 rings (SSSR count). The van der Waals surface area contributed by atoms with E-state index in [0.717, 1.165) is 28.1 Å². The van der Waals surface area contributed by atoms with Gasteiger partial charge in [-0.25, -0.2) is 4.98 Å². The van der Waals surface area contributed by atoms with E-state index in [0.29, 0.717) is 0 Å². The van der Waals surface area contributed by atoms with Gasteiger partial charge in [0, 0.05) is 23.6 Å². The van der Waals surface area contributed by atoms with Crippen LogP contribution in [0.4, 0.5) is 5.82 Å². The Morgan fingerprint density at radius 3 is 2.59 bits per heavy atom. The molecule has 0 unspecified atom stereocenters. The van der Waals surface area contributed by atoms with E-state index in [9.17, 15) is 0 Å². The highest BCUT2D eigenvalue weighted by Crippen LogP contribution is 2.20. The number of aromatic nitrogens is 2. The van der Waals surface area contributed by atoms with Crippen LogP contribution in [0.25, 0.3) is 11.3 Å². The van der Waals surface area contributed by atoms with Crippen molar-refractivity contribution in [1.29, 1.82) is 0 Å². The van der Waals surface area contributed by atoms with Crippen molar-refractivity contribution in [2.24, 2.45) is 0 Å². The largest absolute Gasteiger partial charge is 0.354 e. The van der Waals surface area contributed by atoms with E-state index in [-0.39, 0.29) is 0 Å². The fourth-order valence-electron chi connectivity index (χ4n) is 2.28. The van der Waals surface area contributed by atoms with Gasteiger partial charge in [-0.15, -0.1) is 0 Å². The summed E-state index contributed by atoms with van der Waals surface area (Å²) in [5.74, 6) is 0.862. The summed E-state index contributed by atoms with van der Waals surface area (Å²) < 4.78 is 1.09. The van der Waals surface area contributed by atoms with Gasteiger partial charge in [0.15, 0.2) is 0 Å². The lowest BCUT2D eigenvalue weighted by Gasteiger charge is -2.18. The predicted molar refractivity (Wildman–Crippen MR) is 93.7 cm³/mol. The second-order valence-electron chi connectivity index (χ2n) is 5.11. The Balaban J connectivity index is 1.83. The third-order valence-electron chi connectivity index (χ3n) is 3.39. The van der Waals surface area contributed by atoms with E-state index in [2.05, 4.69) is 37.9 Å². The average Bonchev–Trinajstić information content (AvgIpc) is 2.56. The minimum Gasteiger partial charge on any atom is -0.354 e. The van der Waals surface area contributed by atoms with Crippen molar-refractivity contribution < 1.29 is 0 Å². The summed E-state index contributed by atoms with van der Waals surface area (Å²) in [5, 5.41) is 0. The predicted octanol–water partition coefficient (Wildman–Crippen LogP) is 4.54. The maximum absolute atomic E-state index is 4.71. The molecule has 3 nitrogen and oxygen atoms in total. The second-order valence-corrected chi connectivity index (χ2v) is 6.03. The molecule has 1 heterocycles. The van der Waals surface area contributed by atoms with Crippen molar-refractivity contribution >= 4 is 21.7 Å². The number of hydrogen-bond donors (Lipinski definition) is 0. The number of hydrogen-bond acceptors (Lipinski definition) is 3. The summed E-state index contributed by atoms with van der Waals surface area (Å²) in [5.41, 5.74) is 3.19. The highest BCUT2D eigenvalue weighted by molar-refractivity contribution is 9.10. The molecule has 0 saturated heterocycles. The molecule has 22 heavy (non-hydrogen) atoms. The monoisotopic (exact) mass is 353 g/mol. The molecule has 0 N–H and O–H groups in total. The maximum Gasteiger partial charge on any atom is 0.147 e. The van der Waals surface area contributed by atoms with Gasteiger partial charge in [-0.2, -0.15) is 0 Å². The molecule has 0 fully saturated rings. The summed E-state index contributed by atoms with van der Waals surface area (Å²) in [6.07, 6.45) is 3.59. The number of benzene rings is 2. The van der Waals surface area contributed by atoms with Crippen molar-refractivity contribution in [2.45, 2.75) is 6.54 Å². The van der Waals surface area contributed by atoms with Gasteiger partial charge >= 0.3 is 0 Å². The van der Waals surface area contributed by atoms with Crippen LogP contribution in [-0.4, -0.2) is 17.0 Å². The molecule has 0 aliphatic carbocycles. The van der Waals surface area contributed by atoms with Crippen LogP contribution in [-0.2, 0) is 6.54 Å². The Morgan fingerprint density at radius 2 is 1.82 bits per heavy atom. The lowest BCUT2D eigenvalue weighted by atomic mass is 10.2. The topological polar surface area (TPSA) is 29.0 Å². The summed E-state index contributed by atoms with van der Waals surface area (Å²) in [7, 11) is 2.03. The Labute approximate surface area is 138 Å². The zero-order chi connectivity index (χ0) is 15.4.